The summed E-state index contributed by atoms with van der Waals surface area (Å²) in [6, 6.07) is 9.11. The normalized spacial score (nSPS) is 16.9. The maximum absolute atomic E-state index is 12.8. The number of aromatic nitrogens is 2. The molecule has 2 saturated heterocycles. The second-order valence-corrected chi connectivity index (χ2v) is 7.20. The number of ether oxygens (including phenoxy) is 1. The average Bonchev–Trinajstić information content (AvgIpc) is 3.15. The molecular formula is C21H26N6O3. The summed E-state index contributed by atoms with van der Waals surface area (Å²) < 4.78 is 5.45. The zero-order valence-corrected chi connectivity index (χ0v) is 17.1. The average molecular weight is 410 g/mol. The van der Waals surface area contributed by atoms with Crippen LogP contribution in [0.25, 0.3) is 0 Å². The van der Waals surface area contributed by atoms with Gasteiger partial charge in [-0.05, 0) is 37.3 Å². The molecule has 30 heavy (non-hydrogen) atoms. The van der Waals surface area contributed by atoms with Crippen LogP contribution in [0.2, 0.25) is 0 Å². The Labute approximate surface area is 175 Å². The second-order valence-electron chi connectivity index (χ2n) is 7.20. The van der Waals surface area contributed by atoms with E-state index in [4.69, 9.17) is 4.74 Å². The lowest BCUT2D eigenvalue weighted by Gasteiger charge is -2.35. The molecule has 1 aromatic heterocycles. The number of carbonyl (C=O) groups is 2. The third kappa shape index (κ3) is 4.29. The van der Waals surface area contributed by atoms with Crippen LogP contribution in [0.4, 0.5) is 16.4 Å². The standard InChI is InChI=1S/C21H26N6O3/c1-2-30-18-6-4-17(5-7-18)27-15-14-26(21(27)29)16-19(28)24-10-12-25(13-11-24)20-22-8-3-9-23-20/h3-9H,2,10-16H2,1H3. The molecular weight excluding hydrogens is 384 g/mol. The topological polar surface area (TPSA) is 82.1 Å². The number of urea groups is 1. The fourth-order valence-corrected chi connectivity index (χ4v) is 3.73. The summed E-state index contributed by atoms with van der Waals surface area (Å²) in [5.41, 5.74) is 0.815. The highest BCUT2D eigenvalue weighted by atomic mass is 16.5. The molecule has 0 atom stereocenters. The molecule has 1 aromatic carbocycles. The summed E-state index contributed by atoms with van der Waals surface area (Å²) in [6.07, 6.45) is 3.43. The van der Waals surface area contributed by atoms with Gasteiger partial charge in [-0.2, -0.15) is 0 Å². The van der Waals surface area contributed by atoms with Gasteiger partial charge >= 0.3 is 6.03 Å². The maximum atomic E-state index is 12.8. The molecule has 0 saturated carbocycles. The maximum Gasteiger partial charge on any atom is 0.325 e. The van der Waals surface area contributed by atoms with Gasteiger partial charge in [-0.1, -0.05) is 0 Å². The number of anilines is 2. The zero-order valence-electron chi connectivity index (χ0n) is 17.1. The van der Waals surface area contributed by atoms with Gasteiger partial charge in [-0.25, -0.2) is 14.8 Å². The smallest absolute Gasteiger partial charge is 0.325 e. The molecule has 9 nitrogen and oxygen atoms in total. The van der Waals surface area contributed by atoms with Gasteiger partial charge < -0.3 is 19.4 Å². The summed E-state index contributed by atoms with van der Waals surface area (Å²) in [7, 11) is 0. The summed E-state index contributed by atoms with van der Waals surface area (Å²) in [5, 5.41) is 0. The number of hydrogen-bond acceptors (Lipinski definition) is 6. The van der Waals surface area contributed by atoms with Crippen molar-refractivity contribution in [2.24, 2.45) is 0 Å². The van der Waals surface area contributed by atoms with E-state index < -0.39 is 0 Å². The minimum Gasteiger partial charge on any atom is -0.494 e. The summed E-state index contributed by atoms with van der Waals surface area (Å²) in [5.74, 6) is 1.44. The van der Waals surface area contributed by atoms with E-state index in [-0.39, 0.29) is 18.5 Å². The fraction of sp³-hybridized carbons (Fsp3) is 0.429. The molecule has 2 aliphatic heterocycles. The zero-order chi connectivity index (χ0) is 20.9. The predicted molar refractivity (Wildman–Crippen MR) is 113 cm³/mol. The highest BCUT2D eigenvalue weighted by Crippen LogP contribution is 2.23. The Balaban J connectivity index is 1.29. The molecule has 0 N–H and O–H groups in total. The Bertz CT molecular complexity index is 868. The van der Waals surface area contributed by atoms with E-state index in [0.717, 1.165) is 11.4 Å². The molecule has 0 bridgehead atoms. The van der Waals surface area contributed by atoms with Crippen LogP contribution in [-0.2, 0) is 4.79 Å². The molecule has 3 heterocycles. The molecule has 158 valence electrons. The van der Waals surface area contributed by atoms with Crippen molar-refractivity contribution >= 4 is 23.6 Å². The van der Waals surface area contributed by atoms with Gasteiger partial charge in [0.15, 0.2) is 0 Å². The van der Waals surface area contributed by atoms with Crippen LogP contribution in [0, 0.1) is 0 Å². The minimum absolute atomic E-state index is 0.0227. The first-order valence-corrected chi connectivity index (χ1v) is 10.2. The summed E-state index contributed by atoms with van der Waals surface area (Å²) in [6.45, 7) is 6.31. The number of benzene rings is 1. The van der Waals surface area contributed by atoms with Crippen LogP contribution < -0.4 is 14.5 Å². The third-order valence-electron chi connectivity index (χ3n) is 5.35. The summed E-state index contributed by atoms with van der Waals surface area (Å²) >= 11 is 0. The van der Waals surface area contributed by atoms with Crippen molar-refractivity contribution in [2.75, 3.05) is 62.2 Å². The van der Waals surface area contributed by atoms with Crippen molar-refractivity contribution < 1.29 is 14.3 Å². The Morgan fingerprint density at radius 2 is 1.70 bits per heavy atom. The van der Waals surface area contributed by atoms with Crippen LogP contribution in [-0.4, -0.2) is 84.1 Å². The van der Waals surface area contributed by atoms with Crippen LogP contribution in [0.5, 0.6) is 5.75 Å². The number of amides is 3. The first-order valence-electron chi connectivity index (χ1n) is 10.2. The van der Waals surface area contributed by atoms with Gasteiger partial charge in [-0.3, -0.25) is 9.69 Å². The second kappa shape index (κ2) is 8.98. The first-order chi connectivity index (χ1) is 14.7. The lowest BCUT2D eigenvalue weighted by molar-refractivity contribution is -0.131. The van der Waals surface area contributed by atoms with Crippen molar-refractivity contribution in [2.45, 2.75) is 6.92 Å². The van der Waals surface area contributed by atoms with E-state index in [2.05, 4.69) is 14.9 Å². The fourth-order valence-electron chi connectivity index (χ4n) is 3.73. The SMILES string of the molecule is CCOc1ccc(N2CCN(CC(=O)N3CCN(c4ncccn4)CC3)C2=O)cc1. The van der Waals surface area contributed by atoms with Gasteiger partial charge in [0, 0.05) is 57.3 Å². The molecule has 0 radical (unpaired) electrons. The Kier molecular flexibility index (Phi) is 5.97. The molecule has 2 fully saturated rings. The third-order valence-corrected chi connectivity index (χ3v) is 5.35. The van der Waals surface area contributed by atoms with E-state index in [9.17, 15) is 9.59 Å². The van der Waals surface area contributed by atoms with Gasteiger partial charge in [-0.15, -0.1) is 0 Å². The molecule has 0 unspecified atom stereocenters. The predicted octanol–water partition coefficient (Wildman–Crippen LogP) is 1.47. The highest BCUT2D eigenvalue weighted by molar-refractivity contribution is 5.96. The van der Waals surface area contributed by atoms with Crippen molar-refractivity contribution in [3.63, 3.8) is 0 Å². The number of piperazine rings is 1. The Morgan fingerprint density at radius 1 is 1.00 bits per heavy atom. The van der Waals surface area contributed by atoms with Crippen LogP contribution in [0.1, 0.15) is 6.92 Å². The highest BCUT2D eigenvalue weighted by Gasteiger charge is 2.32. The molecule has 2 aromatic rings. The van der Waals surface area contributed by atoms with Gasteiger partial charge in [0.2, 0.25) is 11.9 Å². The van der Waals surface area contributed by atoms with Crippen molar-refractivity contribution in [3.05, 3.63) is 42.7 Å². The van der Waals surface area contributed by atoms with E-state index in [1.54, 1.807) is 28.3 Å². The Morgan fingerprint density at radius 3 is 2.37 bits per heavy atom. The van der Waals surface area contributed by atoms with E-state index in [0.29, 0.717) is 51.8 Å². The largest absolute Gasteiger partial charge is 0.494 e. The van der Waals surface area contributed by atoms with E-state index in [1.807, 2.05) is 36.1 Å². The van der Waals surface area contributed by atoms with Crippen molar-refractivity contribution in [1.82, 2.24) is 19.8 Å². The first kappa shape index (κ1) is 19.9. The van der Waals surface area contributed by atoms with Gasteiger partial charge in [0.25, 0.3) is 0 Å². The minimum atomic E-state index is -0.135. The van der Waals surface area contributed by atoms with Gasteiger partial charge in [0.05, 0.1) is 6.61 Å². The van der Waals surface area contributed by atoms with E-state index in [1.165, 1.54) is 0 Å². The summed E-state index contributed by atoms with van der Waals surface area (Å²) in [4.78, 5) is 41.3. The molecule has 0 spiro atoms. The molecule has 9 heteroatoms. The van der Waals surface area contributed by atoms with E-state index >= 15 is 0 Å². The number of rotatable bonds is 6. The molecule has 3 amide bonds. The molecule has 4 rings (SSSR count). The number of carbonyl (C=O) groups excluding carboxylic acids is 2. The lowest BCUT2D eigenvalue weighted by atomic mass is 10.3. The lowest BCUT2D eigenvalue weighted by Crippen LogP contribution is -2.52. The number of hydrogen-bond donors (Lipinski definition) is 0. The van der Waals surface area contributed by atoms with Gasteiger partial charge in [0.1, 0.15) is 12.3 Å². The monoisotopic (exact) mass is 410 g/mol. The number of nitrogens with zero attached hydrogens (tertiary/aromatic N) is 6. The molecule has 2 aliphatic rings. The molecule has 0 aliphatic carbocycles. The van der Waals surface area contributed by atoms with Crippen LogP contribution in [0.15, 0.2) is 42.7 Å². The quantitative estimate of drug-likeness (QED) is 0.717. The Hall–Kier alpha value is -3.36. The van der Waals surface area contributed by atoms with Crippen molar-refractivity contribution in [1.29, 1.82) is 0 Å². The van der Waals surface area contributed by atoms with Crippen LogP contribution >= 0.6 is 0 Å². The van der Waals surface area contributed by atoms with Crippen LogP contribution in [0.3, 0.4) is 0 Å². The van der Waals surface area contributed by atoms with Crippen molar-refractivity contribution in [3.8, 4) is 5.75 Å².